The molecule has 0 amide bonds. The SMILES string of the molecule is O=C(O)C1CCCCC1CNCC1Cc2ccccc2O1. The molecule has 0 bridgehead atoms. The maximum absolute atomic E-state index is 11.3. The van der Waals surface area contributed by atoms with Gasteiger partial charge >= 0.3 is 5.97 Å². The molecule has 2 aliphatic rings. The normalized spacial score (nSPS) is 27.9. The Bertz CT molecular complexity index is 478. The molecule has 1 heterocycles. The van der Waals surface area contributed by atoms with E-state index in [9.17, 15) is 9.90 Å². The molecule has 1 saturated carbocycles. The number of benzene rings is 1. The van der Waals surface area contributed by atoms with Crippen molar-refractivity contribution in [2.45, 2.75) is 38.2 Å². The lowest BCUT2D eigenvalue weighted by Crippen LogP contribution is -2.38. The standard InChI is InChI=1S/C17H23NO3/c19-17(20)15-7-3-1-6-13(15)10-18-11-14-9-12-5-2-4-8-16(12)21-14/h2,4-5,8,13-15,18H,1,3,6-7,9-11H2,(H,19,20). The van der Waals surface area contributed by atoms with E-state index >= 15 is 0 Å². The van der Waals surface area contributed by atoms with Gasteiger partial charge in [0.1, 0.15) is 11.9 Å². The molecule has 3 atom stereocenters. The molecule has 0 radical (unpaired) electrons. The van der Waals surface area contributed by atoms with Crippen molar-refractivity contribution in [2.75, 3.05) is 13.1 Å². The van der Waals surface area contributed by atoms with Crippen LogP contribution in [0.2, 0.25) is 0 Å². The third kappa shape index (κ3) is 3.38. The van der Waals surface area contributed by atoms with Crippen LogP contribution in [0.1, 0.15) is 31.2 Å². The summed E-state index contributed by atoms with van der Waals surface area (Å²) in [6.45, 7) is 1.57. The number of hydrogen-bond acceptors (Lipinski definition) is 3. The highest BCUT2D eigenvalue weighted by Gasteiger charge is 2.30. The first kappa shape index (κ1) is 14.4. The van der Waals surface area contributed by atoms with E-state index in [1.807, 2.05) is 18.2 Å². The Morgan fingerprint density at radius 2 is 2.05 bits per heavy atom. The maximum Gasteiger partial charge on any atom is 0.306 e. The van der Waals surface area contributed by atoms with Gasteiger partial charge in [0.05, 0.1) is 5.92 Å². The predicted molar refractivity (Wildman–Crippen MR) is 80.5 cm³/mol. The zero-order valence-electron chi connectivity index (χ0n) is 12.3. The van der Waals surface area contributed by atoms with Crippen molar-refractivity contribution >= 4 is 5.97 Å². The Morgan fingerprint density at radius 1 is 1.24 bits per heavy atom. The van der Waals surface area contributed by atoms with Crippen molar-refractivity contribution in [3.8, 4) is 5.75 Å². The van der Waals surface area contributed by atoms with E-state index < -0.39 is 5.97 Å². The van der Waals surface area contributed by atoms with Crippen molar-refractivity contribution < 1.29 is 14.6 Å². The molecule has 0 aromatic heterocycles. The molecule has 4 nitrogen and oxygen atoms in total. The monoisotopic (exact) mass is 289 g/mol. The van der Waals surface area contributed by atoms with Crippen LogP contribution in [0.4, 0.5) is 0 Å². The molecule has 1 fully saturated rings. The third-order valence-corrected chi connectivity index (χ3v) is 4.72. The van der Waals surface area contributed by atoms with E-state index in [1.165, 1.54) is 5.56 Å². The average Bonchev–Trinajstić information content (AvgIpc) is 2.90. The van der Waals surface area contributed by atoms with Gasteiger partial charge in [0.2, 0.25) is 0 Å². The molecule has 1 aliphatic carbocycles. The number of carbonyl (C=O) groups is 1. The zero-order chi connectivity index (χ0) is 14.7. The lowest BCUT2D eigenvalue weighted by Gasteiger charge is -2.29. The molecular weight excluding hydrogens is 266 g/mol. The highest BCUT2D eigenvalue weighted by Crippen LogP contribution is 2.30. The smallest absolute Gasteiger partial charge is 0.306 e. The largest absolute Gasteiger partial charge is 0.488 e. The first-order valence-corrected chi connectivity index (χ1v) is 7.92. The van der Waals surface area contributed by atoms with Crippen molar-refractivity contribution in [2.24, 2.45) is 11.8 Å². The van der Waals surface area contributed by atoms with Crippen LogP contribution in [0.15, 0.2) is 24.3 Å². The molecule has 3 unspecified atom stereocenters. The van der Waals surface area contributed by atoms with Crippen molar-refractivity contribution in [1.82, 2.24) is 5.32 Å². The molecule has 3 rings (SSSR count). The summed E-state index contributed by atoms with van der Waals surface area (Å²) >= 11 is 0. The van der Waals surface area contributed by atoms with Gasteiger partial charge < -0.3 is 15.2 Å². The van der Waals surface area contributed by atoms with Crippen molar-refractivity contribution in [3.05, 3.63) is 29.8 Å². The third-order valence-electron chi connectivity index (χ3n) is 4.72. The second-order valence-electron chi connectivity index (χ2n) is 6.20. The Balaban J connectivity index is 1.45. The molecule has 1 aromatic rings. The van der Waals surface area contributed by atoms with Gasteiger partial charge in [0.25, 0.3) is 0 Å². The highest BCUT2D eigenvalue weighted by molar-refractivity contribution is 5.70. The first-order chi connectivity index (χ1) is 10.2. The van der Waals surface area contributed by atoms with Crippen molar-refractivity contribution in [1.29, 1.82) is 0 Å². The second-order valence-corrected chi connectivity index (χ2v) is 6.20. The molecule has 2 N–H and O–H groups in total. The van der Waals surface area contributed by atoms with Gasteiger partial charge in [-0.05, 0) is 36.9 Å². The average molecular weight is 289 g/mol. The van der Waals surface area contributed by atoms with E-state index in [4.69, 9.17) is 4.74 Å². The van der Waals surface area contributed by atoms with Gasteiger partial charge in [-0.1, -0.05) is 31.0 Å². The fourth-order valence-electron chi connectivity index (χ4n) is 3.57. The topological polar surface area (TPSA) is 58.6 Å². The number of carboxylic acids is 1. The van der Waals surface area contributed by atoms with E-state index in [0.29, 0.717) is 0 Å². The summed E-state index contributed by atoms with van der Waals surface area (Å²) < 4.78 is 5.89. The minimum atomic E-state index is -0.633. The number of fused-ring (bicyclic) bond motifs is 1. The van der Waals surface area contributed by atoms with Crippen LogP contribution in [-0.4, -0.2) is 30.3 Å². The van der Waals surface area contributed by atoms with Crippen LogP contribution in [0.25, 0.3) is 0 Å². The van der Waals surface area contributed by atoms with E-state index in [1.54, 1.807) is 0 Å². The number of rotatable bonds is 5. The van der Waals surface area contributed by atoms with Gasteiger partial charge in [0, 0.05) is 13.0 Å². The van der Waals surface area contributed by atoms with Crippen LogP contribution in [0.5, 0.6) is 5.75 Å². The highest BCUT2D eigenvalue weighted by atomic mass is 16.5. The molecule has 1 aromatic carbocycles. The number of aliphatic carboxylic acids is 1. The first-order valence-electron chi connectivity index (χ1n) is 7.92. The summed E-state index contributed by atoms with van der Waals surface area (Å²) in [6.07, 6.45) is 5.17. The number of hydrogen-bond donors (Lipinski definition) is 2. The van der Waals surface area contributed by atoms with Gasteiger partial charge in [-0.25, -0.2) is 0 Å². The molecule has 114 valence electrons. The lowest BCUT2D eigenvalue weighted by molar-refractivity contribution is -0.144. The zero-order valence-corrected chi connectivity index (χ0v) is 12.3. The molecule has 0 spiro atoms. The lowest BCUT2D eigenvalue weighted by atomic mass is 9.79. The number of carboxylic acid groups (broad SMARTS) is 1. The molecule has 0 saturated heterocycles. The van der Waals surface area contributed by atoms with Crippen LogP contribution in [0, 0.1) is 11.8 Å². The number of ether oxygens (including phenoxy) is 1. The number of nitrogens with one attached hydrogen (secondary N) is 1. The Hall–Kier alpha value is -1.55. The Labute approximate surface area is 125 Å². The minimum Gasteiger partial charge on any atom is -0.488 e. The van der Waals surface area contributed by atoms with Crippen LogP contribution in [0.3, 0.4) is 0 Å². The van der Waals surface area contributed by atoms with Crippen LogP contribution in [-0.2, 0) is 11.2 Å². The fourth-order valence-corrected chi connectivity index (χ4v) is 3.57. The van der Waals surface area contributed by atoms with Crippen molar-refractivity contribution in [3.63, 3.8) is 0 Å². The van der Waals surface area contributed by atoms with E-state index in [2.05, 4.69) is 11.4 Å². The van der Waals surface area contributed by atoms with E-state index in [-0.39, 0.29) is 17.9 Å². The minimum absolute atomic E-state index is 0.173. The van der Waals surface area contributed by atoms with Gasteiger partial charge in [-0.2, -0.15) is 0 Å². The van der Waals surface area contributed by atoms with Crippen LogP contribution < -0.4 is 10.1 Å². The molecule has 4 heteroatoms. The van der Waals surface area contributed by atoms with Gasteiger partial charge in [-0.3, -0.25) is 4.79 Å². The van der Waals surface area contributed by atoms with E-state index in [0.717, 1.165) is 50.9 Å². The quantitative estimate of drug-likeness (QED) is 0.874. The summed E-state index contributed by atoms with van der Waals surface area (Å²) in [5, 5.41) is 12.7. The van der Waals surface area contributed by atoms with Crippen LogP contribution >= 0.6 is 0 Å². The molecular formula is C17H23NO3. The second kappa shape index (κ2) is 6.48. The number of para-hydroxylation sites is 1. The maximum atomic E-state index is 11.3. The molecule has 1 aliphatic heterocycles. The van der Waals surface area contributed by atoms with Gasteiger partial charge in [0.15, 0.2) is 0 Å². The summed E-state index contributed by atoms with van der Waals surface area (Å²) in [4.78, 5) is 11.3. The van der Waals surface area contributed by atoms with Gasteiger partial charge in [-0.15, -0.1) is 0 Å². The summed E-state index contributed by atoms with van der Waals surface area (Å²) in [7, 11) is 0. The Kier molecular flexibility index (Phi) is 4.44. The summed E-state index contributed by atoms with van der Waals surface area (Å²) in [5.41, 5.74) is 1.27. The predicted octanol–water partition coefficient (Wildman–Crippen LogP) is 2.47. The summed E-state index contributed by atoms with van der Waals surface area (Å²) in [5.74, 6) is 0.448. The fraction of sp³-hybridized carbons (Fsp3) is 0.588. The molecule has 21 heavy (non-hydrogen) atoms. The Morgan fingerprint density at radius 3 is 2.86 bits per heavy atom. The summed E-state index contributed by atoms with van der Waals surface area (Å²) in [6, 6.07) is 8.15.